The van der Waals surface area contributed by atoms with Crippen LogP contribution in [0.3, 0.4) is 0 Å². The summed E-state index contributed by atoms with van der Waals surface area (Å²) in [6, 6.07) is 4.93. The number of aromatic nitrogens is 2. The van der Waals surface area contributed by atoms with Crippen LogP contribution < -0.4 is 10.1 Å². The Labute approximate surface area is 131 Å². The van der Waals surface area contributed by atoms with Gasteiger partial charge in [0.2, 0.25) is 5.91 Å². The fraction of sp³-hybridized carbons (Fsp3) is 0.250. The molecule has 118 valence electrons. The molecule has 1 heterocycles. The van der Waals surface area contributed by atoms with Gasteiger partial charge in [-0.2, -0.15) is 0 Å². The van der Waals surface area contributed by atoms with Crippen molar-refractivity contribution in [3.63, 3.8) is 0 Å². The molecule has 22 heavy (non-hydrogen) atoms. The van der Waals surface area contributed by atoms with Crippen molar-refractivity contribution in [2.24, 2.45) is 0 Å². The largest absolute Gasteiger partial charge is 0.573 e. The van der Waals surface area contributed by atoms with Gasteiger partial charge < -0.3 is 10.1 Å². The lowest BCUT2D eigenvalue weighted by molar-refractivity contribution is -0.274. The third-order valence-electron chi connectivity index (χ3n) is 2.34. The molecule has 1 atom stereocenters. The van der Waals surface area contributed by atoms with Crippen molar-refractivity contribution in [1.82, 2.24) is 10.2 Å². The Kier molecular flexibility index (Phi) is 5.24. The molecule has 0 aliphatic rings. The molecule has 1 amide bonds. The SMILES string of the molecule is CC(Sc1nncs1)C(=O)Nc1ccc(OC(F)(F)F)cc1. The maximum Gasteiger partial charge on any atom is 0.573 e. The van der Waals surface area contributed by atoms with Gasteiger partial charge in [-0.05, 0) is 31.2 Å². The quantitative estimate of drug-likeness (QED) is 0.836. The van der Waals surface area contributed by atoms with Crippen molar-refractivity contribution in [1.29, 1.82) is 0 Å². The van der Waals surface area contributed by atoms with Crippen molar-refractivity contribution in [2.45, 2.75) is 22.9 Å². The average molecular weight is 349 g/mol. The number of amides is 1. The van der Waals surface area contributed by atoms with Crippen LogP contribution >= 0.6 is 23.1 Å². The average Bonchev–Trinajstić information content (AvgIpc) is 2.92. The molecule has 1 aromatic carbocycles. The molecule has 5 nitrogen and oxygen atoms in total. The predicted octanol–water partition coefficient (Wildman–Crippen LogP) is 3.56. The monoisotopic (exact) mass is 349 g/mol. The van der Waals surface area contributed by atoms with Crippen LogP contribution in [0, 0.1) is 0 Å². The maximum absolute atomic E-state index is 12.0. The molecule has 2 aromatic rings. The third kappa shape index (κ3) is 5.19. The number of anilines is 1. The standard InChI is InChI=1S/C12H10F3N3O2S2/c1-7(22-11-18-16-6-21-11)10(19)17-8-2-4-9(5-3-8)20-12(13,14)15/h2-7H,1H3,(H,17,19). The van der Waals surface area contributed by atoms with Gasteiger partial charge in [-0.3, -0.25) is 4.79 Å². The molecule has 0 aliphatic carbocycles. The normalized spacial score (nSPS) is 12.7. The Balaban J connectivity index is 1.91. The smallest absolute Gasteiger partial charge is 0.406 e. The van der Waals surface area contributed by atoms with Crippen LogP contribution in [0.2, 0.25) is 0 Å². The van der Waals surface area contributed by atoms with Crippen LogP contribution in [0.15, 0.2) is 34.1 Å². The number of nitrogens with one attached hydrogen (secondary N) is 1. The van der Waals surface area contributed by atoms with E-state index in [2.05, 4.69) is 20.3 Å². The van der Waals surface area contributed by atoms with E-state index < -0.39 is 11.6 Å². The van der Waals surface area contributed by atoms with E-state index in [1.807, 2.05) is 0 Å². The number of ether oxygens (including phenoxy) is 1. The van der Waals surface area contributed by atoms with Crippen LogP contribution in [0.25, 0.3) is 0 Å². The Morgan fingerprint density at radius 1 is 1.36 bits per heavy atom. The zero-order chi connectivity index (χ0) is 16.2. The highest BCUT2D eigenvalue weighted by Gasteiger charge is 2.31. The van der Waals surface area contributed by atoms with Crippen LogP contribution in [0.4, 0.5) is 18.9 Å². The van der Waals surface area contributed by atoms with Gasteiger partial charge in [0.25, 0.3) is 0 Å². The first-order valence-electron chi connectivity index (χ1n) is 5.93. The fourth-order valence-electron chi connectivity index (χ4n) is 1.40. The van der Waals surface area contributed by atoms with E-state index in [9.17, 15) is 18.0 Å². The molecule has 0 radical (unpaired) electrons. The zero-order valence-electron chi connectivity index (χ0n) is 11.1. The highest BCUT2D eigenvalue weighted by atomic mass is 32.2. The molecule has 2 rings (SSSR count). The van der Waals surface area contributed by atoms with Gasteiger partial charge in [0.1, 0.15) is 11.3 Å². The summed E-state index contributed by atoms with van der Waals surface area (Å²) in [5.41, 5.74) is 1.94. The molecule has 1 unspecified atom stereocenters. The van der Waals surface area contributed by atoms with E-state index in [0.717, 1.165) is 12.1 Å². The molecule has 0 spiro atoms. The lowest BCUT2D eigenvalue weighted by Gasteiger charge is -2.12. The summed E-state index contributed by atoms with van der Waals surface area (Å²) in [7, 11) is 0. The first-order chi connectivity index (χ1) is 10.3. The molecule has 0 saturated heterocycles. The molecule has 1 aromatic heterocycles. The molecule has 0 aliphatic heterocycles. The molecular weight excluding hydrogens is 339 g/mol. The zero-order valence-corrected chi connectivity index (χ0v) is 12.8. The topological polar surface area (TPSA) is 64.1 Å². The summed E-state index contributed by atoms with van der Waals surface area (Å²) >= 11 is 2.57. The number of halogens is 3. The van der Waals surface area contributed by atoms with Gasteiger partial charge in [0, 0.05) is 5.69 Å². The number of carbonyl (C=O) groups is 1. The molecule has 1 N–H and O–H groups in total. The minimum Gasteiger partial charge on any atom is -0.406 e. The van der Waals surface area contributed by atoms with Crippen molar-refractivity contribution in [2.75, 3.05) is 5.32 Å². The van der Waals surface area contributed by atoms with Gasteiger partial charge in [-0.25, -0.2) is 0 Å². The molecule has 0 bridgehead atoms. The summed E-state index contributed by atoms with van der Waals surface area (Å²) in [4.78, 5) is 12.0. The number of benzene rings is 1. The van der Waals surface area contributed by atoms with E-state index in [1.54, 1.807) is 12.4 Å². The Morgan fingerprint density at radius 2 is 2.05 bits per heavy atom. The summed E-state index contributed by atoms with van der Waals surface area (Å²) < 4.78 is 40.5. The van der Waals surface area contributed by atoms with E-state index in [4.69, 9.17) is 0 Å². The number of alkyl halides is 3. The maximum atomic E-state index is 12.0. The van der Waals surface area contributed by atoms with Crippen molar-refractivity contribution < 1.29 is 22.7 Å². The minimum atomic E-state index is -4.74. The summed E-state index contributed by atoms with van der Waals surface area (Å²) in [6.07, 6.45) is -4.74. The Bertz CT molecular complexity index is 618. The first-order valence-corrected chi connectivity index (χ1v) is 7.69. The lowest BCUT2D eigenvalue weighted by Crippen LogP contribution is -2.22. The first kappa shape index (κ1) is 16.6. The van der Waals surface area contributed by atoms with Crippen molar-refractivity contribution >= 4 is 34.7 Å². The van der Waals surface area contributed by atoms with Gasteiger partial charge in [-0.15, -0.1) is 23.4 Å². The van der Waals surface area contributed by atoms with Gasteiger partial charge in [0.05, 0.1) is 5.25 Å². The number of thioether (sulfide) groups is 1. The number of rotatable bonds is 5. The van der Waals surface area contributed by atoms with Crippen molar-refractivity contribution in [3.8, 4) is 5.75 Å². The fourth-order valence-corrected chi connectivity index (χ4v) is 3.03. The van der Waals surface area contributed by atoms with Crippen LogP contribution in [0.1, 0.15) is 6.92 Å². The van der Waals surface area contributed by atoms with Crippen LogP contribution in [-0.4, -0.2) is 27.7 Å². The van der Waals surface area contributed by atoms with Crippen LogP contribution in [0.5, 0.6) is 5.75 Å². The summed E-state index contributed by atoms with van der Waals surface area (Å²) in [5, 5.41) is 9.67. The third-order valence-corrected chi connectivity index (χ3v) is 4.25. The highest BCUT2D eigenvalue weighted by Crippen LogP contribution is 2.26. The summed E-state index contributed by atoms with van der Waals surface area (Å²) in [5.74, 6) is -0.633. The number of hydrogen-bond acceptors (Lipinski definition) is 6. The molecule has 0 saturated carbocycles. The molecular formula is C12H10F3N3O2S2. The molecule has 0 fully saturated rings. The Hall–Kier alpha value is -1.81. The summed E-state index contributed by atoms with van der Waals surface area (Å²) in [6.45, 7) is 1.70. The van der Waals surface area contributed by atoms with Gasteiger partial charge >= 0.3 is 6.36 Å². The van der Waals surface area contributed by atoms with Crippen molar-refractivity contribution in [3.05, 3.63) is 29.8 Å². The number of hydrogen-bond donors (Lipinski definition) is 1. The minimum absolute atomic E-state index is 0.287. The second kappa shape index (κ2) is 6.97. The van der Waals surface area contributed by atoms with Crippen LogP contribution in [-0.2, 0) is 4.79 Å². The highest BCUT2D eigenvalue weighted by molar-refractivity contribution is 8.02. The number of nitrogens with zero attached hydrogens (tertiary/aromatic N) is 2. The van der Waals surface area contributed by atoms with E-state index in [-0.39, 0.29) is 11.7 Å². The van der Waals surface area contributed by atoms with E-state index in [1.165, 1.54) is 35.2 Å². The molecule has 10 heteroatoms. The lowest BCUT2D eigenvalue weighted by atomic mass is 10.3. The van der Waals surface area contributed by atoms with E-state index in [0.29, 0.717) is 10.0 Å². The second-order valence-electron chi connectivity index (χ2n) is 4.03. The number of carbonyl (C=O) groups excluding carboxylic acids is 1. The second-order valence-corrected chi connectivity index (χ2v) is 6.45. The van der Waals surface area contributed by atoms with Gasteiger partial charge in [-0.1, -0.05) is 23.1 Å². The van der Waals surface area contributed by atoms with E-state index >= 15 is 0 Å². The predicted molar refractivity (Wildman–Crippen MR) is 77.0 cm³/mol. The Morgan fingerprint density at radius 3 is 2.59 bits per heavy atom. The van der Waals surface area contributed by atoms with Gasteiger partial charge in [0.15, 0.2) is 4.34 Å².